The first-order chi connectivity index (χ1) is 17.5. The zero-order valence-corrected chi connectivity index (χ0v) is 21.2. The van der Waals surface area contributed by atoms with Crippen molar-refractivity contribution >= 4 is 23.5 Å². The molecule has 0 unspecified atom stereocenters. The third-order valence-corrected chi connectivity index (χ3v) is 6.96. The van der Waals surface area contributed by atoms with Crippen LogP contribution in [-0.2, 0) is 20.7 Å². The van der Waals surface area contributed by atoms with E-state index in [4.69, 9.17) is 21.1 Å². The second-order valence-corrected chi connectivity index (χ2v) is 10.0. The molecule has 3 atom stereocenters. The Kier molecular flexibility index (Phi) is 7.55. The van der Waals surface area contributed by atoms with Gasteiger partial charge in [0.25, 0.3) is 5.67 Å². The molecule has 0 bridgehead atoms. The van der Waals surface area contributed by atoms with Crippen LogP contribution in [0, 0.1) is 11.7 Å². The molecule has 1 saturated carbocycles. The van der Waals surface area contributed by atoms with Crippen molar-refractivity contribution in [2.75, 3.05) is 0 Å². The first-order valence-corrected chi connectivity index (χ1v) is 12.3. The fourth-order valence-corrected chi connectivity index (χ4v) is 5.04. The molecule has 3 aromatic rings. The number of alkyl halides is 1. The van der Waals surface area contributed by atoms with Gasteiger partial charge in [0.1, 0.15) is 5.75 Å². The fourth-order valence-electron chi connectivity index (χ4n) is 4.91. The largest absolute Gasteiger partial charge is 0.479 e. The average Bonchev–Trinajstić information content (AvgIpc) is 3.67. The molecular formula is C29H27ClF2O5. The van der Waals surface area contributed by atoms with E-state index in [-0.39, 0.29) is 18.1 Å². The maximum atomic E-state index is 17.3. The summed E-state index contributed by atoms with van der Waals surface area (Å²) in [5.74, 6) is -4.32. The molecule has 1 aliphatic carbocycles. The number of hydrogen-bond acceptors (Lipinski definition) is 4. The Morgan fingerprint density at radius 3 is 2.30 bits per heavy atom. The quantitative estimate of drug-likeness (QED) is 0.283. The molecule has 1 fully saturated rings. The third kappa shape index (κ3) is 5.62. The van der Waals surface area contributed by atoms with E-state index >= 15 is 4.39 Å². The lowest BCUT2D eigenvalue weighted by atomic mass is 9.68. The number of para-hydroxylation sites is 1. The number of ether oxygens (including phenoxy) is 2. The van der Waals surface area contributed by atoms with Gasteiger partial charge in [-0.1, -0.05) is 48.0 Å². The van der Waals surface area contributed by atoms with Crippen molar-refractivity contribution in [3.63, 3.8) is 0 Å². The topological polar surface area (TPSA) is 72.8 Å². The highest BCUT2D eigenvalue weighted by Gasteiger charge is 2.65. The van der Waals surface area contributed by atoms with E-state index in [1.54, 1.807) is 54.6 Å². The summed E-state index contributed by atoms with van der Waals surface area (Å²) in [4.78, 5) is 24.9. The number of carbonyl (C=O) groups is 2. The molecule has 1 N–H and O–H groups in total. The molecule has 1 aliphatic rings. The van der Waals surface area contributed by atoms with Gasteiger partial charge in [0.05, 0.1) is 0 Å². The number of rotatable bonds is 10. The number of aliphatic carboxylic acids is 1. The van der Waals surface area contributed by atoms with Crippen LogP contribution in [-0.4, -0.2) is 28.3 Å². The van der Waals surface area contributed by atoms with Crippen LogP contribution in [0.2, 0.25) is 5.02 Å². The summed E-state index contributed by atoms with van der Waals surface area (Å²) in [7, 11) is 0. The van der Waals surface area contributed by atoms with Crippen LogP contribution in [0.5, 0.6) is 11.5 Å². The maximum Gasteiger partial charge on any atom is 0.346 e. The lowest BCUT2D eigenvalue weighted by Gasteiger charge is -2.44. The van der Waals surface area contributed by atoms with Gasteiger partial charge in [0.15, 0.2) is 17.2 Å². The molecule has 4 rings (SSSR count). The Hall–Kier alpha value is -3.45. The lowest BCUT2D eigenvalue weighted by molar-refractivity contribution is -0.194. The van der Waals surface area contributed by atoms with Crippen molar-refractivity contribution in [1.29, 1.82) is 0 Å². The molecule has 0 amide bonds. The number of carboxylic acids is 1. The molecule has 0 aromatic heterocycles. The Morgan fingerprint density at radius 1 is 1.08 bits per heavy atom. The third-order valence-electron chi connectivity index (χ3n) is 6.71. The molecule has 194 valence electrons. The Bertz CT molecular complexity index is 1280. The minimum Gasteiger partial charge on any atom is -0.479 e. The average molecular weight is 529 g/mol. The summed E-state index contributed by atoms with van der Waals surface area (Å²) < 4.78 is 43.0. The molecular weight excluding hydrogens is 502 g/mol. The number of benzene rings is 3. The van der Waals surface area contributed by atoms with E-state index in [0.717, 1.165) is 13.0 Å². The SMILES string of the molecule is CC(=O)O[C@](C)(Cc1ccc(F)c(Oc2ccccc2)c1)[C@@](F)(C(=O)O)[C@H](c1ccc(Cl)cc1)C1CC1. The van der Waals surface area contributed by atoms with Crippen molar-refractivity contribution in [2.45, 2.75) is 50.3 Å². The molecule has 0 spiro atoms. The first-order valence-electron chi connectivity index (χ1n) is 11.9. The summed E-state index contributed by atoms with van der Waals surface area (Å²) in [6.45, 7) is 2.37. The molecule has 0 heterocycles. The Balaban J connectivity index is 1.77. The van der Waals surface area contributed by atoms with Crippen molar-refractivity contribution in [3.8, 4) is 11.5 Å². The van der Waals surface area contributed by atoms with Gasteiger partial charge >= 0.3 is 11.9 Å². The van der Waals surface area contributed by atoms with E-state index in [2.05, 4.69) is 0 Å². The number of carbonyl (C=O) groups excluding carboxylic acids is 1. The van der Waals surface area contributed by atoms with Gasteiger partial charge in [-0.2, -0.15) is 0 Å². The summed E-state index contributed by atoms with van der Waals surface area (Å²) in [5.41, 5.74) is -4.37. The molecule has 8 heteroatoms. The number of esters is 1. The van der Waals surface area contributed by atoms with E-state index in [0.29, 0.717) is 34.7 Å². The van der Waals surface area contributed by atoms with Gasteiger partial charge < -0.3 is 14.6 Å². The van der Waals surface area contributed by atoms with Crippen molar-refractivity contribution in [1.82, 2.24) is 0 Å². The van der Waals surface area contributed by atoms with Crippen LogP contribution >= 0.6 is 11.6 Å². The number of carboxylic acid groups (broad SMARTS) is 1. The second-order valence-electron chi connectivity index (χ2n) is 9.56. The van der Waals surface area contributed by atoms with Crippen LogP contribution in [0.4, 0.5) is 8.78 Å². The minimum absolute atomic E-state index is 0.120. The van der Waals surface area contributed by atoms with E-state index in [1.165, 1.54) is 19.1 Å². The predicted molar refractivity (Wildman–Crippen MR) is 135 cm³/mol. The molecule has 5 nitrogen and oxygen atoms in total. The Morgan fingerprint density at radius 2 is 1.73 bits per heavy atom. The normalized spacial score (nSPS) is 17.2. The monoisotopic (exact) mass is 528 g/mol. The number of halogens is 3. The minimum atomic E-state index is -3.01. The molecule has 0 saturated heterocycles. The summed E-state index contributed by atoms with van der Waals surface area (Å²) in [6.07, 6.45) is 0.930. The highest BCUT2D eigenvalue weighted by Crippen LogP contribution is 2.55. The molecule has 3 aromatic carbocycles. The van der Waals surface area contributed by atoms with E-state index in [1.807, 2.05) is 0 Å². The number of hydrogen-bond donors (Lipinski definition) is 1. The molecule has 0 radical (unpaired) electrons. The van der Waals surface area contributed by atoms with Gasteiger partial charge in [-0.05, 0) is 73.2 Å². The lowest BCUT2D eigenvalue weighted by Crippen LogP contribution is -2.61. The van der Waals surface area contributed by atoms with Gasteiger partial charge in [0.2, 0.25) is 0 Å². The van der Waals surface area contributed by atoms with Gasteiger partial charge in [-0.25, -0.2) is 13.6 Å². The van der Waals surface area contributed by atoms with Gasteiger partial charge in [0, 0.05) is 24.3 Å². The molecule has 37 heavy (non-hydrogen) atoms. The van der Waals surface area contributed by atoms with Gasteiger partial charge in [-0.3, -0.25) is 4.79 Å². The van der Waals surface area contributed by atoms with Crippen molar-refractivity contribution in [3.05, 3.63) is 94.8 Å². The summed E-state index contributed by atoms with van der Waals surface area (Å²) >= 11 is 6.02. The standard InChI is InChI=1S/C29H27ClF2O5/c1-18(33)37-28(2,17-19-8-15-24(31)25(16-19)36-23-6-4-3-5-7-23)29(32,27(34)35)26(20-9-10-20)21-11-13-22(30)14-12-21/h3-8,11-16,20,26H,9-10,17H2,1-2H3,(H,34,35)/t26-,28+,29-/m0/s1. The van der Waals surface area contributed by atoms with Crippen LogP contribution < -0.4 is 4.74 Å². The van der Waals surface area contributed by atoms with Crippen molar-refractivity contribution in [2.24, 2.45) is 5.92 Å². The highest BCUT2D eigenvalue weighted by molar-refractivity contribution is 6.30. The van der Waals surface area contributed by atoms with Crippen LogP contribution in [0.25, 0.3) is 0 Å². The predicted octanol–water partition coefficient (Wildman–Crippen LogP) is 7.12. The maximum absolute atomic E-state index is 17.3. The zero-order chi connectivity index (χ0) is 26.8. The van der Waals surface area contributed by atoms with Crippen LogP contribution in [0.15, 0.2) is 72.8 Å². The summed E-state index contributed by atoms with van der Waals surface area (Å²) in [5, 5.41) is 10.8. The van der Waals surface area contributed by atoms with E-state index in [9.17, 15) is 19.1 Å². The van der Waals surface area contributed by atoms with Crippen molar-refractivity contribution < 1.29 is 33.0 Å². The Labute approximate surface area is 219 Å². The smallest absolute Gasteiger partial charge is 0.346 e. The van der Waals surface area contributed by atoms with Gasteiger partial charge in [-0.15, -0.1) is 0 Å². The molecule has 0 aliphatic heterocycles. The second kappa shape index (κ2) is 10.5. The zero-order valence-electron chi connectivity index (χ0n) is 20.4. The van der Waals surface area contributed by atoms with E-state index < -0.39 is 34.9 Å². The summed E-state index contributed by atoms with van der Waals surface area (Å²) in [6, 6.07) is 18.8. The van der Waals surface area contributed by atoms with Crippen LogP contribution in [0.3, 0.4) is 0 Å². The highest BCUT2D eigenvalue weighted by atomic mass is 35.5. The fraction of sp³-hybridized carbons (Fsp3) is 0.310. The first kappa shape index (κ1) is 26.6. The van der Waals surface area contributed by atoms with Crippen LogP contribution in [0.1, 0.15) is 43.7 Å².